The molecule has 0 saturated carbocycles. The normalized spacial score (nSPS) is 15.8. The molecule has 0 aromatic heterocycles. The van der Waals surface area contributed by atoms with E-state index in [2.05, 4.69) is 36.5 Å². The van der Waals surface area contributed by atoms with Crippen LogP contribution in [0.2, 0.25) is 5.02 Å². The summed E-state index contributed by atoms with van der Waals surface area (Å²) >= 11 is 6.02. The summed E-state index contributed by atoms with van der Waals surface area (Å²) in [5, 5.41) is 4.16. The smallest absolute Gasteiger partial charge is 0.260 e. The highest BCUT2D eigenvalue weighted by Gasteiger charge is 2.37. The Morgan fingerprint density at radius 1 is 0.962 bits per heavy atom. The molecule has 0 aliphatic carbocycles. The van der Waals surface area contributed by atoms with Crippen molar-refractivity contribution < 1.29 is 4.79 Å². The minimum atomic E-state index is -0.257. The van der Waals surface area contributed by atoms with Gasteiger partial charge in [0.1, 0.15) is 6.17 Å². The van der Waals surface area contributed by atoms with Gasteiger partial charge in [0, 0.05) is 27.5 Å². The SMILES string of the molecule is CCc1ccc(NC2c3ccccc3C(=O)N2c2ccc(Cl)cc2)cc1. The molecule has 3 aromatic carbocycles. The van der Waals surface area contributed by atoms with Crippen molar-refractivity contribution in [3.05, 3.63) is 94.5 Å². The second-order valence-electron chi connectivity index (χ2n) is 6.34. The molecule has 3 nitrogen and oxygen atoms in total. The van der Waals surface area contributed by atoms with E-state index in [1.165, 1.54) is 5.56 Å². The van der Waals surface area contributed by atoms with Gasteiger partial charge in [0.05, 0.1) is 0 Å². The lowest BCUT2D eigenvalue weighted by molar-refractivity contribution is 0.0993. The van der Waals surface area contributed by atoms with Crippen LogP contribution in [-0.4, -0.2) is 5.91 Å². The molecule has 0 fully saturated rings. The zero-order valence-electron chi connectivity index (χ0n) is 14.4. The van der Waals surface area contributed by atoms with Crippen molar-refractivity contribution in [2.45, 2.75) is 19.5 Å². The molecular weight excluding hydrogens is 344 g/mol. The lowest BCUT2D eigenvalue weighted by atomic mass is 10.1. The number of benzene rings is 3. The van der Waals surface area contributed by atoms with Gasteiger partial charge >= 0.3 is 0 Å². The monoisotopic (exact) mass is 362 g/mol. The van der Waals surface area contributed by atoms with Crippen LogP contribution in [0.4, 0.5) is 11.4 Å². The average molecular weight is 363 g/mol. The largest absolute Gasteiger partial charge is 0.361 e. The van der Waals surface area contributed by atoms with Crippen molar-refractivity contribution >= 4 is 28.9 Å². The number of hydrogen-bond donors (Lipinski definition) is 1. The Balaban J connectivity index is 1.74. The van der Waals surface area contributed by atoms with Crippen LogP contribution < -0.4 is 10.2 Å². The van der Waals surface area contributed by atoms with Gasteiger partial charge in [-0.25, -0.2) is 0 Å². The van der Waals surface area contributed by atoms with Crippen molar-refractivity contribution in [2.24, 2.45) is 0 Å². The van der Waals surface area contributed by atoms with Crippen molar-refractivity contribution in [3.63, 3.8) is 0 Å². The molecule has 1 aliphatic heterocycles. The number of rotatable bonds is 4. The lowest BCUT2D eigenvalue weighted by Gasteiger charge is -2.27. The Bertz CT molecular complexity index is 935. The summed E-state index contributed by atoms with van der Waals surface area (Å²) in [7, 11) is 0. The van der Waals surface area contributed by atoms with Gasteiger partial charge in [0.25, 0.3) is 5.91 Å². The Kier molecular flexibility index (Phi) is 4.39. The molecule has 0 saturated heterocycles. The average Bonchev–Trinajstić information content (AvgIpc) is 2.95. The Morgan fingerprint density at radius 2 is 1.65 bits per heavy atom. The van der Waals surface area contributed by atoms with Crippen molar-refractivity contribution in [2.75, 3.05) is 10.2 Å². The first-order valence-electron chi connectivity index (χ1n) is 8.71. The second kappa shape index (κ2) is 6.85. The second-order valence-corrected chi connectivity index (χ2v) is 6.77. The fourth-order valence-electron chi connectivity index (χ4n) is 3.32. The first-order valence-corrected chi connectivity index (χ1v) is 9.08. The third-order valence-corrected chi connectivity index (χ3v) is 4.99. The van der Waals surface area contributed by atoms with E-state index in [-0.39, 0.29) is 12.1 Å². The first-order chi connectivity index (χ1) is 12.7. The Hall–Kier alpha value is -2.78. The summed E-state index contributed by atoms with van der Waals surface area (Å²) in [6.07, 6.45) is 0.745. The third-order valence-electron chi connectivity index (χ3n) is 4.73. The van der Waals surface area contributed by atoms with E-state index in [0.29, 0.717) is 5.02 Å². The number of carbonyl (C=O) groups is 1. The number of amides is 1. The number of fused-ring (bicyclic) bond motifs is 1. The highest BCUT2D eigenvalue weighted by Crippen LogP contribution is 2.38. The maximum atomic E-state index is 13.0. The molecule has 130 valence electrons. The number of nitrogens with zero attached hydrogens (tertiary/aromatic N) is 1. The van der Waals surface area contributed by atoms with Gasteiger partial charge in [-0.15, -0.1) is 0 Å². The molecule has 3 aromatic rings. The summed E-state index contributed by atoms with van der Waals surface area (Å²) in [6.45, 7) is 2.14. The number of nitrogens with one attached hydrogen (secondary N) is 1. The minimum absolute atomic E-state index is 0.00870. The van der Waals surface area contributed by atoms with E-state index >= 15 is 0 Å². The van der Waals surface area contributed by atoms with Gasteiger partial charge in [0.15, 0.2) is 0 Å². The zero-order chi connectivity index (χ0) is 18.1. The summed E-state index contributed by atoms with van der Waals surface area (Å²) < 4.78 is 0. The minimum Gasteiger partial charge on any atom is -0.361 e. The van der Waals surface area contributed by atoms with Crippen LogP contribution in [0.5, 0.6) is 0 Å². The van der Waals surface area contributed by atoms with E-state index < -0.39 is 0 Å². The molecule has 1 amide bonds. The first kappa shape index (κ1) is 16.7. The van der Waals surface area contributed by atoms with Crippen molar-refractivity contribution in [1.29, 1.82) is 0 Å². The summed E-state index contributed by atoms with van der Waals surface area (Å²) in [4.78, 5) is 14.8. The van der Waals surface area contributed by atoms with E-state index in [4.69, 9.17) is 11.6 Å². The quantitative estimate of drug-likeness (QED) is 0.648. The fraction of sp³-hybridized carbons (Fsp3) is 0.136. The molecule has 4 rings (SSSR count). The highest BCUT2D eigenvalue weighted by atomic mass is 35.5. The maximum Gasteiger partial charge on any atom is 0.260 e. The van der Waals surface area contributed by atoms with Crippen LogP contribution in [0.25, 0.3) is 0 Å². The van der Waals surface area contributed by atoms with Gasteiger partial charge in [-0.2, -0.15) is 0 Å². The topological polar surface area (TPSA) is 32.3 Å². The molecule has 0 spiro atoms. The Labute approximate surface area is 158 Å². The molecule has 1 aliphatic rings. The van der Waals surface area contributed by atoms with E-state index in [0.717, 1.165) is 28.9 Å². The van der Waals surface area contributed by atoms with Crippen molar-refractivity contribution in [3.8, 4) is 0 Å². The van der Waals surface area contributed by atoms with Gasteiger partial charge in [0.2, 0.25) is 0 Å². The van der Waals surface area contributed by atoms with E-state index in [1.54, 1.807) is 17.0 Å². The van der Waals surface area contributed by atoms with Crippen LogP contribution in [-0.2, 0) is 6.42 Å². The zero-order valence-corrected chi connectivity index (χ0v) is 15.2. The van der Waals surface area contributed by atoms with Crippen LogP contribution in [0.1, 0.15) is 34.6 Å². The molecule has 26 heavy (non-hydrogen) atoms. The Morgan fingerprint density at radius 3 is 2.35 bits per heavy atom. The predicted octanol–water partition coefficient (Wildman–Crippen LogP) is 5.67. The molecule has 0 bridgehead atoms. The molecule has 1 atom stereocenters. The van der Waals surface area contributed by atoms with Crippen molar-refractivity contribution in [1.82, 2.24) is 0 Å². The highest BCUT2D eigenvalue weighted by molar-refractivity contribution is 6.30. The van der Waals surface area contributed by atoms with Gasteiger partial charge in [-0.3, -0.25) is 9.69 Å². The van der Waals surface area contributed by atoms with Crippen LogP contribution in [0.3, 0.4) is 0 Å². The molecular formula is C22H19ClN2O. The summed E-state index contributed by atoms with van der Waals surface area (Å²) in [5.41, 5.74) is 4.79. The number of carbonyl (C=O) groups excluding carboxylic acids is 1. The van der Waals surface area contributed by atoms with Gasteiger partial charge < -0.3 is 5.32 Å². The van der Waals surface area contributed by atoms with Crippen LogP contribution >= 0.6 is 11.6 Å². The molecule has 0 radical (unpaired) electrons. The maximum absolute atomic E-state index is 13.0. The summed E-state index contributed by atoms with van der Waals surface area (Å²) in [6, 6.07) is 23.4. The number of aryl methyl sites for hydroxylation is 1. The summed E-state index contributed by atoms with van der Waals surface area (Å²) in [5.74, 6) is -0.00870. The van der Waals surface area contributed by atoms with E-state index in [9.17, 15) is 4.79 Å². The third kappa shape index (κ3) is 2.95. The van der Waals surface area contributed by atoms with E-state index in [1.807, 2.05) is 36.4 Å². The fourth-order valence-corrected chi connectivity index (χ4v) is 3.45. The van der Waals surface area contributed by atoms with Crippen LogP contribution in [0, 0.1) is 0 Å². The molecule has 1 N–H and O–H groups in total. The van der Waals surface area contributed by atoms with Crippen LogP contribution in [0.15, 0.2) is 72.8 Å². The number of halogens is 1. The lowest BCUT2D eigenvalue weighted by Crippen LogP contribution is -2.32. The molecule has 4 heteroatoms. The molecule has 1 unspecified atom stereocenters. The number of anilines is 2. The van der Waals surface area contributed by atoms with Gasteiger partial charge in [-0.05, 0) is 54.4 Å². The van der Waals surface area contributed by atoms with Gasteiger partial charge in [-0.1, -0.05) is 48.9 Å². The number of hydrogen-bond acceptors (Lipinski definition) is 2. The standard InChI is InChI=1S/C22H19ClN2O/c1-2-15-7-11-17(12-8-15)24-21-19-5-3-4-6-20(19)22(26)25(21)18-13-9-16(23)10-14-18/h3-14,21,24H,2H2,1H3. The predicted molar refractivity (Wildman–Crippen MR) is 107 cm³/mol. The molecule has 1 heterocycles.